The largest absolute Gasteiger partial charge is 0.324 e. The number of Topliss-reactive ketones (excluding diaryl/α,β-unsaturated/α-hetero) is 1. The van der Waals surface area contributed by atoms with Crippen LogP contribution in [0, 0.1) is 5.92 Å². The molecule has 0 amide bonds. The number of nitrogens with zero attached hydrogens (tertiary/aromatic N) is 1. The van der Waals surface area contributed by atoms with Gasteiger partial charge in [-0.2, -0.15) is 5.10 Å². The smallest absolute Gasteiger partial charge is 0.174 e. The summed E-state index contributed by atoms with van der Waals surface area (Å²) >= 11 is 0. The molecule has 0 aromatic rings. The SMILES string of the molecule is NCC(=O)C1=CC=CC2C=NNC12. The van der Waals surface area contributed by atoms with Gasteiger partial charge in [0.2, 0.25) is 0 Å². The van der Waals surface area contributed by atoms with Crippen molar-refractivity contribution in [2.45, 2.75) is 6.04 Å². The van der Waals surface area contributed by atoms with Crippen LogP contribution in [0.4, 0.5) is 0 Å². The van der Waals surface area contributed by atoms with Crippen LogP contribution in [-0.2, 0) is 4.79 Å². The van der Waals surface area contributed by atoms with Gasteiger partial charge in [0.25, 0.3) is 0 Å². The lowest BCUT2D eigenvalue weighted by atomic mass is 9.88. The lowest BCUT2D eigenvalue weighted by molar-refractivity contribution is -0.114. The van der Waals surface area contributed by atoms with E-state index in [1.54, 1.807) is 12.3 Å². The Morgan fingerprint density at radius 2 is 2.54 bits per heavy atom. The van der Waals surface area contributed by atoms with Gasteiger partial charge in [-0.3, -0.25) is 4.79 Å². The fraction of sp³-hybridized carbons (Fsp3) is 0.333. The maximum absolute atomic E-state index is 11.4. The van der Waals surface area contributed by atoms with E-state index in [4.69, 9.17) is 5.73 Å². The lowest BCUT2D eigenvalue weighted by Crippen LogP contribution is -2.35. The van der Waals surface area contributed by atoms with Crippen molar-refractivity contribution in [2.24, 2.45) is 16.8 Å². The van der Waals surface area contributed by atoms with Crippen molar-refractivity contribution in [3.05, 3.63) is 23.8 Å². The number of carbonyl (C=O) groups excluding carboxylic acids is 1. The molecule has 2 atom stereocenters. The van der Waals surface area contributed by atoms with Crippen LogP contribution in [0.3, 0.4) is 0 Å². The number of hydrazone groups is 1. The molecule has 1 heterocycles. The van der Waals surface area contributed by atoms with Crippen LogP contribution >= 0.6 is 0 Å². The summed E-state index contributed by atoms with van der Waals surface area (Å²) in [5.41, 5.74) is 8.93. The third kappa shape index (κ3) is 1.29. The van der Waals surface area contributed by atoms with Crippen molar-refractivity contribution in [2.75, 3.05) is 6.54 Å². The first-order valence-corrected chi connectivity index (χ1v) is 4.23. The lowest BCUT2D eigenvalue weighted by Gasteiger charge is -2.20. The molecular weight excluding hydrogens is 166 g/mol. The normalized spacial score (nSPS) is 29.5. The van der Waals surface area contributed by atoms with Gasteiger partial charge in [0, 0.05) is 17.7 Å². The fourth-order valence-corrected chi connectivity index (χ4v) is 1.59. The summed E-state index contributed by atoms with van der Waals surface area (Å²) in [7, 11) is 0. The Morgan fingerprint density at radius 1 is 1.69 bits per heavy atom. The summed E-state index contributed by atoms with van der Waals surface area (Å²) in [4.78, 5) is 11.4. The number of rotatable bonds is 2. The van der Waals surface area contributed by atoms with Gasteiger partial charge in [-0.25, -0.2) is 0 Å². The number of allylic oxidation sites excluding steroid dienone is 2. The van der Waals surface area contributed by atoms with Crippen LogP contribution in [0.2, 0.25) is 0 Å². The Bertz CT molecular complexity index is 317. The van der Waals surface area contributed by atoms with Gasteiger partial charge >= 0.3 is 0 Å². The van der Waals surface area contributed by atoms with E-state index in [1.807, 2.05) is 12.2 Å². The zero-order valence-corrected chi connectivity index (χ0v) is 7.10. The Hall–Kier alpha value is -1.42. The van der Waals surface area contributed by atoms with Crippen LogP contribution in [0.15, 0.2) is 28.9 Å². The molecule has 0 spiro atoms. The van der Waals surface area contributed by atoms with Crippen molar-refractivity contribution in [1.82, 2.24) is 5.43 Å². The molecule has 2 aliphatic rings. The molecule has 68 valence electrons. The molecule has 4 heteroatoms. The van der Waals surface area contributed by atoms with Crippen LogP contribution in [0.25, 0.3) is 0 Å². The van der Waals surface area contributed by atoms with E-state index >= 15 is 0 Å². The highest BCUT2D eigenvalue weighted by Gasteiger charge is 2.30. The second-order valence-corrected chi connectivity index (χ2v) is 3.10. The van der Waals surface area contributed by atoms with Crippen molar-refractivity contribution in [1.29, 1.82) is 0 Å². The molecule has 0 bridgehead atoms. The fourth-order valence-electron chi connectivity index (χ4n) is 1.59. The molecule has 4 nitrogen and oxygen atoms in total. The van der Waals surface area contributed by atoms with Crippen molar-refractivity contribution in [3.63, 3.8) is 0 Å². The zero-order valence-electron chi connectivity index (χ0n) is 7.10. The quantitative estimate of drug-likeness (QED) is 0.602. The Labute approximate surface area is 76.2 Å². The Kier molecular flexibility index (Phi) is 1.98. The number of fused-ring (bicyclic) bond motifs is 1. The first-order valence-electron chi connectivity index (χ1n) is 4.23. The average molecular weight is 177 g/mol. The maximum atomic E-state index is 11.4. The number of hydrogen-bond acceptors (Lipinski definition) is 4. The second kappa shape index (κ2) is 3.14. The van der Waals surface area contributed by atoms with Gasteiger partial charge in [-0.05, 0) is 0 Å². The summed E-state index contributed by atoms with van der Waals surface area (Å²) < 4.78 is 0. The molecule has 0 saturated heterocycles. The van der Waals surface area contributed by atoms with Crippen molar-refractivity contribution in [3.8, 4) is 0 Å². The summed E-state index contributed by atoms with van der Waals surface area (Å²) in [6.07, 6.45) is 7.50. The van der Waals surface area contributed by atoms with Crippen LogP contribution < -0.4 is 11.2 Å². The molecule has 1 aliphatic carbocycles. The minimum atomic E-state index is -0.0163. The molecule has 0 fully saturated rings. The first-order chi connectivity index (χ1) is 6.33. The highest BCUT2D eigenvalue weighted by atomic mass is 16.1. The van der Waals surface area contributed by atoms with Gasteiger partial charge in [0.1, 0.15) is 0 Å². The van der Waals surface area contributed by atoms with E-state index in [0.717, 1.165) is 5.57 Å². The Morgan fingerprint density at radius 3 is 3.31 bits per heavy atom. The van der Waals surface area contributed by atoms with Crippen molar-refractivity contribution >= 4 is 12.0 Å². The maximum Gasteiger partial charge on any atom is 0.174 e. The standard InChI is InChI=1S/C9H11N3O/c10-4-8(13)7-3-1-2-6-5-11-12-9(6)7/h1-3,5-6,9,12H,4,10H2. The molecule has 0 radical (unpaired) electrons. The third-order valence-electron chi connectivity index (χ3n) is 2.30. The van der Waals surface area contributed by atoms with E-state index in [1.165, 1.54) is 0 Å². The first kappa shape index (κ1) is 8.19. The van der Waals surface area contributed by atoms with Gasteiger partial charge in [-0.15, -0.1) is 0 Å². The molecule has 13 heavy (non-hydrogen) atoms. The molecule has 0 saturated carbocycles. The van der Waals surface area contributed by atoms with Gasteiger partial charge in [0.15, 0.2) is 5.78 Å². The average Bonchev–Trinajstić information content (AvgIpc) is 2.63. The monoisotopic (exact) mass is 177 g/mol. The topological polar surface area (TPSA) is 67.5 Å². The highest BCUT2D eigenvalue weighted by Crippen LogP contribution is 2.21. The van der Waals surface area contributed by atoms with Gasteiger partial charge in [-0.1, -0.05) is 18.2 Å². The minimum Gasteiger partial charge on any atom is -0.324 e. The van der Waals surface area contributed by atoms with E-state index in [2.05, 4.69) is 10.5 Å². The summed E-state index contributed by atoms with van der Waals surface area (Å²) in [6.45, 7) is 0.0601. The van der Waals surface area contributed by atoms with Crippen LogP contribution in [-0.4, -0.2) is 24.6 Å². The van der Waals surface area contributed by atoms with Gasteiger partial charge in [0.05, 0.1) is 12.6 Å². The highest BCUT2D eigenvalue weighted by molar-refractivity contribution is 5.99. The van der Waals surface area contributed by atoms with Gasteiger partial charge < -0.3 is 11.2 Å². The molecular formula is C9H11N3O. The zero-order chi connectivity index (χ0) is 9.26. The molecule has 0 aromatic heterocycles. The number of nitrogens with one attached hydrogen (secondary N) is 1. The predicted molar refractivity (Wildman–Crippen MR) is 50.2 cm³/mol. The number of hydrogen-bond donors (Lipinski definition) is 2. The van der Waals surface area contributed by atoms with Crippen LogP contribution in [0.5, 0.6) is 0 Å². The number of ketones is 1. The van der Waals surface area contributed by atoms with Crippen LogP contribution in [0.1, 0.15) is 0 Å². The third-order valence-corrected chi connectivity index (χ3v) is 2.30. The molecule has 0 aromatic carbocycles. The molecule has 2 rings (SSSR count). The molecule has 1 aliphatic heterocycles. The van der Waals surface area contributed by atoms with Crippen molar-refractivity contribution < 1.29 is 4.79 Å². The predicted octanol–water partition coefficient (Wildman–Crippen LogP) is -0.416. The molecule has 2 unspecified atom stereocenters. The van der Waals surface area contributed by atoms with E-state index in [9.17, 15) is 4.79 Å². The summed E-state index contributed by atoms with van der Waals surface area (Å²) in [5, 5.41) is 3.93. The Balaban J connectivity index is 2.24. The van der Waals surface area contributed by atoms with E-state index < -0.39 is 0 Å². The minimum absolute atomic E-state index is 0.000972. The number of carbonyl (C=O) groups is 1. The number of nitrogens with two attached hydrogens (primary N) is 1. The molecule has 3 N–H and O–H groups in total. The van der Waals surface area contributed by atoms with E-state index in [-0.39, 0.29) is 24.3 Å². The summed E-state index contributed by atoms with van der Waals surface area (Å²) in [6, 6.07) is 0.000972. The second-order valence-electron chi connectivity index (χ2n) is 3.10. The summed E-state index contributed by atoms with van der Waals surface area (Å²) in [5.74, 6) is 0.188. The van der Waals surface area contributed by atoms with E-state index in [0.29, 0.717) is 0 Å².